The van der Waals surface area contributed by atoms with Gasteiger partial charge in [0.2, 0.25) is 11.8 Å². The number of rotatable bonds is 10. The average Bonchev–Trinajstić information content (AvgIpc) is 3.03. The highest BCUT2D eigenvalue weighted by atomic mass is 32.2. The third-order valence-corrected chi connectivity index (χ3v) is 8.87. The fraction of sp³-hybridized carbons (Fsp3) is 0.438. The Morgan fingerprint density at radius 1 is 1.05 bits per heavy atom. The number of nitrogens with two attached hydrogens (primary N) is 1. The highest BCUT2D eigenvalue weighted by molar-refractivity contribution is 7.98. The molecule has 3 aromatic rings. The number of aryl methyl sites for hydroxylation is 1. The molecule has 0 spiro atoms. The van der Waals surface area contributed by atoms with Crippen molar-refractivity contribution < 1.29 is 9.59 Å². The monoisotopic (exact) mass is 613 g/mol. The quantitative estimate of drug-likeness (QED) is 0.176. The first-order chi connectivity index (χ1) is 21.4. The molecular formula is C32H39N9O2S. The minimum Gasteiger partial charge on any atom is -0.392 e. The summed E-state index contributed by atoms with van der Waals surface area (Å²) in [4.78, 5) is 46.1. The van der Waals surface area contributed by atoms with Gasteiger partial charge >= 0.3 is 0 Å². The van der Waals surface area contributed by atoms with Crippen molar-refractivity contribution in [1.82, 2.24) is 30.1 Å². The van der Waals surface area contributed by atoms with Crippen LogP contribution < -0.4 is 16.4 Å². The minimum atomic E-state index is -0.162. The van der Waals surface area contributed by atoms with E-state index >= 15 is 0 Å². The Morgan fingerprint density at radius 2 is 1.77 bits per heavy atom. The first-order valence-corrected chi connectivity index (χ1v) is 16.1. The van der Waals surface area contributed by atoms with Gasteiger partial charge in [-0.05, 0) is 68.1 Å². The van der Waals surface area contributed by atoms with Crippen LogP contribution in [0.1, 0.15) is 37.6 Å². The van der Waals surface area contributed by atoms with Crippen LogP contribution in [0.2, 0.25) is 0 Å². The number of anilines is 2. The molecule has 4 heterocycles. The molecule has 0 bridgehead atoms. The lowest BCUT2D eigenvalue weighted by molar-refractivity contribution is -0.133. The topological polar surface area (TPSA) is 134 Å². The van der Waals surface area contributed by atoms with E-state index in [4.69, 9.17) is 17.3 Å². The van der Waals surface area contributed by atoms with Gasteiger partial charge < -0.3 is 21.3 Å². The Balaban J connectivity index is 1.14. The predicted molar refractivity (Wildman–Crippen MR) is 173 cm³/mol. The molecule has 0 saturated carbocycles. The fourth-order valence-electron chi connectivity index (χ4n) is 5.63. The number of nitrogens with one attached hydrogen (secondary N) is 2. The molecule has 1 aromatic carbocycles. The molecule has 2 aliphatic heterocycles. The number of piperidine rings is 1. The second-order valence-electron chi connectivity index (χ2n) is 11.2. The van der Waals surface area contributed by atoms with Crippen molar-refractivity contribution in [3.8, 4) is 11.3 Å². The summed E-state index contributed by atoms with van der Waals surface area (Å²) in [6.07, 6.45) is 3.53. The second kappa shape index (κ2) is 15.1. The molecule has 44 heavy (non-hydrogen) atoms. The molecule has 2 fully saturated rings. The summed E-state index contributed by atoms with van der Waals surface area (Å²) in [5.41, 5.74) is 9.86. The summed E-state index contributed by atoms with van der Waals surface area (Å²) < 4.78 is 0. The summed E-state index contributed by atoms with van der Waals surface area (Å²) in [6, 6.07) is 13.0. The standard InChI is InChI=1S/C32H39N9O2S/c1-22(42)36-26-8-6-24(7-9-26)29-30(34-2)31(33)39-32(38-29)44-21-27-5-3-4-25(37-27)10-11-28(43)41-18-16-40(17-19-41)20-23-12-14-35-15-13-23/h3-9,23,35H,10-21H2,1H3,(H,36,42)(H2,33,38,39). The highest BCUT2D eigenvalue weighted by Crippen LogP contribution is 2.35. The zero-order valence-electron chi connectivity index (χ0n) is 25.1. The number of nitrogen functional groups attached to an aromatic ring is 1. The van der Waals surface area contributed by atoms with Crippen molar-refractivity contribution in [3.05, 3.63) is 65.3 Å². The van der Waals surface area contributed by atoms with E-state index in [1.165, 1.54) is 31.5 Å². The summed E-state index contributed by atoms with van der Waals surface area (Å²) in [5.74, 6) is 1.43. The third kappa shape index (κ3) is 8.53. The largest absolute Gasteiger partial charge is 0.392 e. The van der Waals surface area contributed by atoms with Crippen molar-refractivity contribution in [3.63, 3.8) is 0 Å². The Kier molecular flexibility index (Phi) is 10.8. The molecule has 5 rings (SSSR count). The number of piperazine rings is 1. The molecule has 0 atom stereocenters. The van der Waals surface area contributed by atoms with Gasteiger partial charge in [-0.3, -0.25) is 19.5 Å². The van der Waals surface area contributed by atoms with Crippen LogP contribution >= 0.6 is 11.8 Å². The number of aromatic nitrogens is 3. The number of hydrogen-bond donors (Lipinski definition) is 3. The first-order valence-electron chi connectivity index (χ1n) is 15.1. The summed E-state index contributed by atoms with van der Waals surface area (Å²) >= 11 is 1.39. The average molecular weight is 614 g/mol. The van der Waals surface area contributed by atoms with Crippen LogP contribution in [0.3, 0.4) is 0 Å². The van der Waals surface area contributed by atoms with Gasteiger partial charge in [0.05, 0.1) is 18.0 Å². The zero-order valence-corrected chi connectivity index (χ0v) is 25.9. The maximum absolute atomic E-state index is 13.0. The van der Waals surface area contributed by atoms with Crippen molar-refractivity contribution in [1.29, 1.82) is 0 Å². The Bertz CT molecular complexity index is 1490. The van der Waals surface area contributed by atoms with Gasteiger partial charge in [-0.2, -0.15) is 0 Å². The van der Waals surface area contributed by atoms with E-state index in [1.54, 1.807) is 24.3 Å². The van der Waals surface area contributed by atoms with Crippen LogP contribution in [0.25, 0.3) is 16.1 Å². The van der Waals surface area contributed by atoms with Gasteiger partial charge in [-0.1, -0.05) is 30.0 Å². The smallest absolute Gasteiger partial charge is 0.253 e. The molecule has 0 aliphatic carbocycles. The number of thioether (sulfide) groups is 1. The van der Waals surface area contributed by atoms with Gasteiger partial charge in [-0.15, -0.1) is 0 Å². The lowest BCUT2D eigenvalue weighted by Gasteiger charge is -2.37. The fourth-order valence-corrected chi connectivity index (χ4v) is 6.39. The number of carbonyl (C=O) groups is 2. The number of carbonyl (C=O) groups excluding carboxylic acids is 2. The second-order valence-corrected chi connectivity index (χ2v) is 12.2. The maximum atomic E-state index is 13.0. The highest BCUT2D eigenvalue weighted by Gasteiger charge is 2.24. The van der Waals surface area contributed by atoms with Crippen LogP contribution in [0, 0.1) is 12.5 Å². The molecule has 230 valence electrons. The Labute approximate surface area is 262 Å². The van der Waals surface area contributed by atoms with Gasteiger partial charge in [0.25, 0.3) is 5.69 Å². The molecule has 2 aromatic heterocycles. The lowest BCUT2D eigenvalue weighted by Crippen LogP contribution is -2.50. The maximum Gasteiger partial charge on any atom is 0.253 e. The van der Waals surface area contributed by atoms with E-state index in [2.05, 4.69) is 30.3 Å². The molecule has 0 unspecified atom stereocenters. The van der Waals surface area contributed by atoms with E-state index in [0.29, 0.717) is 40.7 Å². The van der Waals surface area contributed by atoms with Crippen molar-refractivity contribution in [2.75, 3.05) is 56.9 Å². The van der Waals surface area contributed by atoms with Crippen LogP contribution in [-0.2, 0) is 21.8 Å². The Hall–Kier alpha value is -4.05. The molecule has 4 N–H and O–H groups in total. The molecular weight excluding hydrogens is 574 g/mol. The van der Waals surface area contributed by atoms with Crippen LogP contribution in [0.15, 0.2) is 47.6 Å². The molecule has 0 radical (unpaired) electrons. The normalized spacial score (nSPS) is 16.0. The third-order valence-electron chi connectivity index (χ3n) is 7.99. The van der Waals surface area contributed by atoms with E-state index in [0.717, 1.165) is 63.1 Å². The van der Waals surface area contributed by atoms with E-state index in [9.17, 15) is 9.59 Å². The number of benzene rings is 1. The number of amides is 2. The predicted octanol–water partition coefficient (Wildman–Crippen LogP) is 4.00. The van der Waals surface area contributed by atoms with Gasteiger partial charge in [0, 0.05) is 63.2 Å². The zero-order chi connectivity index (χ0) is 30.9. The van der Waals surface area contributed by atoms with Crippen molar-refractivity contribution in [2.24, 2.45) is 5.92 Å². The number of pyridine rings is 1. The van der Waals surface area contributed by atoms with Crippen molar-refractivity contribution in [2.45, 2.75) is 43.5 Å². The first kappa shape index (κ1) is 31.4. The van der Waals surface area contributed by atoms with Gasteiger partial charge in [0.15, 0.2) is 5.16 Å². The van der Waals surface area contributed by atoms with Crippen LogP contribution in [-0.4, -0.2) is 82.4 Å². The molecule has 11 nitrogen and oxygen atoms in total. The number of nitrogens with zero attached hydrogens (tertiary/aromatic N) is 6. The molecule has 2 aliphatic rings. The molecule has 12 heteroatoms. The SMILES string of the molecule is [C-]#[N+]c1c(N)nc(SCc2cccc(CCC(=O)N3CCN(CC4CCNCC4)CC3)n2)nc1-c1ccc(NC(C)=O)cc1. The minimum absolute atomic E-state index is 0.116. The van der Waals surface area contributed by atoms with Gasteiger partial charge in [-0.25, -0.2) is 14.8 Å². The van der Waals surface area contributed by atoms with Gasteiger partial charge in [0.1, 0.15) is 5.82 Å². The number of hydrogen-bond acceptors (Lipinski definition) is 9. The summed E-state index contributed by atoms with van der Waals surface area (Å²) in [5, 5.41) is 6.61. The van der Waals surface area contributed by atoms with E-state index in [1.807, 2.05) is 23.1 Å². The molecule has 2 saturated heterocycles. The van der Waals surface area contributed by atoms with Crippen LogP contribution in [0.5, 0.6) is 0 Å². The molecule has 2 amide bonds. The summed E-state index contributed by atoms with van der Waals surface area (Å²) in [6.45, 7) is 15.9. The Morgan fingerprint density at radius 3 is 2.48 bits per heavy atom. The van der Waals surface area contributed by atoms with E-state index in [-0.39, 0.29) is 23.3 Å². The summed E-state index contributed by atoms with van der Waals surface area (Å²) in [7, 11) is 0. The lowest BCUT2D eigenvalue weighted by atomic mass is 9.97. The van der Waals surface area contributed by atoms with Crippen LogP contribution in [0.4, 0.5) is 17.2 Å². The van der Waals surface area contributed by atoms with E-state index < -0.39 is 0 Å². The van der Waals surface area contributed by atoms with Crippen molar-refractivity contribution >= 4 is 40.8 Å².